The number of allylic oxidation sites excluding steroid dienone is 1. The van der Waals surface area contributed by atoms with Gasteiger partial charge in [0.2, 0.25) is 0 Å². The maximum atomic E-state index is 5.38. The molecule has 0 saturated carbocycles. The van der Waals surface area contributed by atoms with Gasteiger partial charge in [0, 0.05) is 6.04 Å². The summed E-state index contributed by atoms with van der Waals surface area (Å²) < 4.78 is 5.21. The van der Waals surface area contributed by atoms with Crippen LogP contribution in [-0.2, 0) is 4.74 Å². The number of nitrogens with two attached hydrogens (primary N) is 1. The van der Waals surface area contributed by atoms with Crippen molar-refractivity contribution in [1.29, 1.82) is 0 Å². The summed E-state index contributed by atoms with van der Waals surface area (Å²) >= 11 is 0. The van der Waals surface area contributed by atoms with E-state index in [0.717, 1.165) is 11.3 Å². The zero-order chi connectivity index (χ0) is 10.4. The lowest BCUT2D eigenvalue weighted by Gasteiger charge is -2.21. The molecule has 0 aromatic rings. The lowest BCUT2D eigenvalue weighted by atomic mass is 9.95. The Labute approximate surface area is 80.6 Å². The number of hydrogen-bond donors (Lipinski definition) is 2. The quantitative estimate of drug-likeness (QED) is 0.295. The predicted molar refractivity (Wildman–Crippen MR) is 55.9 cm³/mol. The molecule has 0 aromatic carbocycles. The average molecular weight is 184 g/mol. The summed E-state index contributed by atoms with van der Waals surface area (Å²) in [6.07, 6.45) is 1.71. The lowest BCUT2D eigenvalue weighted by molar-refractivity contribution is 0.292. The Hall–Kier alpha value is -0.800. The van der Waals surface area contributed by atoms with Gasteiger partial charge in [-0.3, -0.25) is 11.3 Å². The van der Waals surface area contributed by atoms with Crippen molar-refractivity contribution in [3.8, 4) is 0 Å². The van der Waals surface area contributed by atoms with Gasteiger partial charge >= 0.3 is 0 Å². The first-order chi connectivity index (χ1) is 6.08. The molecule has 0 aromatic heterocycles. The largest absolute Gasteiger partial charge is 0.497 e. The molecular formula is C10H20N2O. The number of rotatable bonds is 5. The molecule has 0 rings (SSSR count). The molecule has 0 aliphatic rings. The Morgan fingerprint density at radius 1 is 1.46 bits per heavy atom. The van der Waals surface area contributed by atoms with E-state index in [9.17, 15) is 0 Å². The zero-order valence-corrected chi connectivity index (χ0v) is 8.92. The van der Waals surface area contributed by atoms with Crippen LogP contribution in [0.4, 0.5) is 0 Å². The van der Waals surface area contributed by atoms with Gasteiger partial charge in [-0.15, -0.1) is 0 Å². The normalized spacial score (nSPS) is 15.2. The maximum Gasteiger partial charge on any atom is 0.119 e. The number of hydrogen-bond acceptors (Lipinski definition) is 3. The highest BCUT2D eigenvalue weighted by molar-refractivity contribution is 5.24. The van der Waals surface area contributed by atoms with Gasteiger partial charge < -0.3 is 4.74 Å². The summed E-state index contributed by atoms with van der Waals surface area (Å²) in [6.45, 7) is 9.90. The van der Waals surface area contributed by atoms with Gasteiger partial charge in [-0.25, -0.2) is 0 Å². The molecule has 0 spiro atoms. The molecule has 1 atom stereocenters. The van der Waals surface area contributed by atoms with Gasteiger partial charge in [0.25, 0.3) is 0 Å². The first-order valence-electron chi connectivity index (χ1n) is 4.45. The molecule has 3 heteroatoms. The van der Waals surface area contributed by atoms with Crippen LogP contribution in [0.5, 0.6) is 0 Å². The van der Waals surface area contributed by atoms with Crippen molar-refractivity contribution in [1.82, 2.24) is 5.43 Å². The maximum absolute atomic E-state index is 5.38. The topological polar surface area (TPSA) is 47.3 Å². The van der Waals surface area contributed by atoms with Crippen LogP contribution in [-0.4, -0.2) is 13.2 Å². The number of nitrogens with one attached hydrogen (secondary N) is 1. The summed E-state index contributed by atoms with van der Waals surface area (Å²) in [5.74, 6) is 6.58. The van der Waals surface area contributed by atoms with E-state index in [2.05, 4.69) is 25.9 Å². The zero-order valence-electron chi connectivity index (χ0n) is 8.92. The van der Waals surface area contributed by atoms with Crippen LogP contribution >= 0.6 is 0 Å². The number of hydrazine groups is 1. The minimum Gasteiger partial charge on any atom is -0.497 e. The third kappa shape index (κ3) is 3.20. The minimum absolute atomic E-state index is 0.105. The van der Waals surface area contributed by atoms with Crippen LogP contribution < -0.4 is 11.3 Å². The van der Waals surface area contributed by atoms with E-state index in [1.165, 1.54) is 0 Å². The fourth-order valence-electron chi connectivity index (χ4n) is 1.41. The molecular weight excluding hydrogens is 164 g/mol. The van der Waals surface area contributed by atoms with Crippen LogP contribution in [0.1, 0.15) is 20.8 Å². The second-order valence-electron chi connectivity index (χ2n) is 3.27. The third-order valence-corrected chi connectivity index (χ3v) is 2.03. The Morgan fingerprint density at radius 3 is 2.23 bits per heavy atom. The van der Waals surface area contributed by atoms with Crippen molar-refractivity contribution >= 4 is 0 Å². The van der Waals surface area contributed by atoms with Gasteiger partial charge in [-0.05, 0) is 24.5 Å². The fourth-order valence-corrected chi connectivity index (χ4v) is 1.41. The SMILES string of the molecule is C=C/C(OC)=C(/C(C)C)C(C)NN. The molecule has 0 aliphatic carbocycles. The summed E-state index contributed by atoms with van der Waals surface area (Å²) in [6, 6.07) is 0.105. The number of ether oxygens (including phenoxy) is 1. The van der Waals surface area contributed by atoms with Crippen LogP contribution in [0.2, 0.25) is 0 Å². The van der Waals surface area contributed by atoms with Crippen molar-refractivity contribution in [2.24, 2.45) is 11.8 Å². The van der Waals surface area contributed by atoms with Gasteiger partial charge in [-0.1, -0.05) is 20.4 Å². The van der Waals surface area contributed by atoms with Gasteiger partial charge in [-0.2, -0.15) is 0 Å². The minimum atomic E-state index is 0.105. The van der Waals surface area contributed by atoms with E-state index in [0.29, 0.717) is 5.92 Å². The lowest BCUT2D eigenvalue weighted by Crippen LogP contribution is -2.36. The first-order valence-corrected chi connectivity index (χ1v) is 4.45. The molecule has 0 heterocycles. The van der Waals surface area contributed by atoms with Crippen LogP contribution in [0.3, 0.4) is 0 Å². The first kappa shape index (κ1) is 12.2. The predicted octanol–water partition coefficient (Wildman–Crippen LogP) is 1.58. The highest BCUT2D eigenvalue weighted by Gasteiger charge is 2.15. The fraction of sp³-hybridized carbons (Fsp3) is 0.600. The van der Waals surface area contributed by atoms with Crippen LogP contribution in [0.15, 0.2) is 24.0 Å². The molecule has 0 saturated heterocycles. The highest BCUT2D eigenvalue weighted by atomic mass is 16.5. The molecule has 76 valence electrons. The van der Waals surface area contributed by atoms with E-state index < -0.39 is 0 Å². The second kappa shape index (κ2) is 5.78. The molecule has 13 heavy (non-hydrogen) atoms. The molecule has 3 nitrogen and oxygen atoms in total. The summed E-state index contributed by atoms with van der Waals surface area (Å²) in [5.41, 5.74) is 3.85. The third-order valence-electron chi connectivity index (χ3n) is 2.03. The van der Waals surface area contributed by atoms with Crippen LogP contribution in [0.25, 0.3) is 0 Å². The molecule has 0 amide bonds. The Bertz CT molecular complexity index is 197. The Kier molecular flexibility index (Phi) is 5.42. The van der Waals surface area contributed by atoms with E-state index in [1.54, 1.807) is 13.2 Å². The van der Waals surface area contributed by atoms with Crippen molar-refractivity contribution < 1.29 is 4.74 Å². The summed E-state index contributed by atoms with van der Waals surface area (Å²) in [5, 5.41) is 0. The van der Waals surface area contributed by atoms with Gasteiger partial charge in [0.1, 0.15) is 5.76 Å². The van der Waals surface area contributed by atoms with E-state index in [-0.39, 0.29) is 6.04 Å². The standard InChI is InChI=1S/C10H20N2O/c1-6-9(13-5)10(7(2)3)8(4)12-11/h6-8,12H,1,11H2,2-5H3/b10-9+. The second-order valence-corrected chi connectivity index (χ2v) is 3.27. The Balaban J connectivity index is 4.95. The van der Waals surface area contributed by atoms with Crippen molar-refractivity contribution in [2.75, 3.05) is 7.11 Å². The molecule has 0 bridgehead atoms. The Morgan fingerprint density at radius 2 is 2.00 bits per heavy atom. The van der Waals surface area contributed by atoms with E-state index >= 15 is 0 Å². The average Bonchev–Trinajstić information content (AvgIpc) is 2.12. The smallest absolute Gasteiger partial charge is 0.119 e. The molecule has 0 fully saturated rings. The number of methoxy groups -OCH3 is 1. The summed E-state index contributed by atoms with van der Waals surface area (Å²) in [7, 11) is 1.64. The van der Waals surface area contributed by atoms with Gasteiger partial charge in [0.05, 0.1) is 7.11 Å². The van der Waals surface area contributed by atoms with Crippen molar-refractivity contribution in [3.63, 3.8) is 0 Å². The van der Waals surface area contributed by atoms with Crippen molar-refractivity contribution in [3.05, 3.63) is 24.0 Å². The van der Waals surface area contributed by atoms with Gasteiger partial charge in [0.15, 0.2) is 0 Å². The molecule has 0 aliphatic heterocycles. The molecule has 1 unspecified atom stereocenters. The molecule has 3 N–H and O–H groups in total. The van der Waals surface area contributed by atoms with E-state index in [1.807, 2.05) is 6.92 Å². The monoisotopic (exact) mass is 184 g/mol. The van der Waals surface area contributed by atoms with E-state index in [4.69, 9.17) is 10.6 Å². The van der Waals surface area contributed by atoms with Crippen molar-refractivity contribution in [2.45, 2.75) is 26.8 Å². The summed E-state index contributed by atoms with van der Waals surface area (Å²) in [4.78, 5) is 0. The highest BCUT2D eigenvalue weighted by Crippen LogP contribution is 2.19. The van der Waals surface area contributed by atoms with Crippen LogP contribution in [0, 0.1) is 5.92 Å². The molecule has 0 radical (unpaired) electrons.